The zero-order valence-corrected chi connectivity index (χ0v) is 18.0. The van der Waals surface area contributed by atoms with Crippen LogP contribution in [-0.4, -0.2) is 67.1 Å². The number of nitrogens with zero attached hydrogens (tertiary/aromatic N) is 5. The predicted octanol–water partition coefficient (Wildman–Crippen LogP) is 2.18. The molecule has 2 N–H and O–H groups in total. The van der Waals surface area contributed by atoms with Gasteiger partial charge >= 0.3 is 0 Å². The Morgan fingerprint density at radius 3 is 2.69 bits per heavy atom. The molecule has 1 saturated heterocycles. The molecule has 7 nitrogen and oxygen atoms in total. The molecule has 3 rings (SSSR count). The lowest BCUT2D eigenvalue weighted by Crippen LogP contribution is -2.45. The van der Waals surface area contributed by atoms with E-state index >= 15 is 0 Å². The van der Waals surface area contributed by atoms with Crippen molar-refractivity contribution in [3.05, 3.63) is 52.9 Å². The number of aromatic nitrogens is 2. The molecule has 0 unspecified atom stereocenters. The zero-order valence-electron chi connectivity index (χ0n) is 17.2. The van der Waals surface area contributed by atoms with Gasteiger partial charge < -0.3 is 20.4 Å². The van der Waals surface area contributed by atoms with Gasteiger partial charge in [0.25, 0.3) is 0 Å². The van der Waals surface area contributed by atoms with Gasteiger partial charge in [0.2, 0.25) is 0 Å². The summed E-state index contributed by atoms with van der Waals surface area (Å²) >= 11 is 5.85. The van der Waals surface area contributed by atoms with Gasteiger partial charge in [-0.2, -0.15) is 0 Å². The molecule has 0 radical (unpaired) electrons. The van der Waals surface area contributed by atoms with Crippen LogP contribution < -0.4 is 15.5 Å². The van der Waals surface area contributed by atoms with E-state index in [4.69, 9.17) is 16.6 Å². The Balaban J connectivity index is 1.60. The lowest BCUT2D eigenvalue weighted by atomic mass is 10.2. The summed E-state index contributed by atoms with van der Waals surface area (Å²) in [6.07, 6.45) is 4.53. The standard InChI is InChI=1S/C21H30ClN7/c1-3-23-21(25-10-8-17-6-7-19(22)26-15-17)27-16-18-5-4-9-24-20(18)29-13-11-28(2)12-14-29/h4-7,9,15H,3,8,10-14,16H2,1-2H3,(H2,23,25,27). The summed E-state index contributed by atoms with van der Waals surface area (Å²) in [4.78, 5) is 18.3. The first-order valence-corrected chi connectivity index (χ1v) is 10.5. The fraction of sp³-hybridized carbons (Fsp3) is 0.476. The van der Waals surface area contributed by atoms with Crippen molar-refractivity contribution in [3.63, 3.8) is 0 Å². The predicted molar refractivity (Wildman–Crippen MR) is 120 cm³/mol. The van der Waals surface area contributed by atoms with Crippen LogP contribution >= 0.6 is 11.6 Å². The maximum Gasteiger partial charge on any atom is 0.191 e. The van der Waals surface area contributed by atoms with E-state index in [0.717, 1.165) is 68.6 Å². The van der Waals surface area contributed by atoms with Crippen LogP contribution in [0.3, 0.4) is 0 Å². The average Bonchev–Trinajstić information content (AvgIpc) is 2.74. The van der Waals surface area contributed by atoms with Crippen LogP contribution in [0, 0.1) is 0 Å². The molecule has 1 fully saturated rings. The highest BCUT2D eigenvalue weighted by Crippen LogP contribution is 2.19. The summed E-state index contributed by atoms with van der Waals surface area (Å²) in [5.74, 6) is 1.86. The number of nitrogens with one attached hydrogen (secondary N) is 2. The Labute approximate surface area is 178 Å². The number of rotatable bonds is 7. The van der Waals surface area contributed by atoms with Crippen molar-refractivity contribution in [2.45, 2.75) is 19.9 Å². The van der Waals surface area contributed by atoms with Crippen molar-refractivity contribution in [1.29, 1.82) is 0 Å². The van der Waals surface area contributed by atoms with Gasteiger partial charge in [-0.1, -0.05) is 23.7 Å². The highest BCUT2D eigenvalue weighted by Gasteiger charge is 2.17. The van der Waals surface area contributed by atoms with Gasteiger partial charge in [0.05, 0.1) is 6.54 Å². The van der Waals surface area contributed by atoms with Crippen molar-refractivity contribution in [3.8, 4) is 0 Å². The van der Waals surface area contributed by atoms with Gasteiger partial charge in [-0.15, -0.1) is 0 Å². The number of pyridine rings is 2. The maximum absolute atomic E-state index is 5.85. The van der Waals surface area contributed by atoms with Crippen LogP contribution in [0.5, 0.6) is 0 Å². The Morgan fingerprint density at radius 2 is 1.97 bits per heavy atom. The lowest BCUT2D eigenvalue weighted by molar-refractivity contribution is 0.312. The first-order valence-electron chi connectivity index (χ1n) is 10.2. The lowest BCUT2D eigenvalue weighted by Gasteiger charge is -2.34. The molecule has 3 heterocycles. The number of halogens is 1. The minimum Gasteiger partial charge on any atom is -0.357 e. The molecule has 0 aliphatic carbocycles. The van der Waals surface area contributed by atoms with Crippen molar-refractivity contribution in [2.24, 2.45) is 4.99 Å². The van der Waals surface area contributed by atoms with Crippen molar-refractivity contribution < 1.29 is 0 Å². The van der Waals surface area contributed by atoms with E-state index in [0.29, 0.717) is 11.7 Å². The molecule has 0 spiro atoms. The fourth-order valence-corrected chi connectivity index (χ4v) is 3.35. The normalized spacial score (nSPS) is 15.4. The Hall–Kier alpha value is -2.38. The van der Waals surface area contributed by atoms with E-state index in [-0.39, 0.29) is 0 Å². The topological polar surface area (TPSA) is 68.7 Å². The highest BCUT2D eigenvalue weighted by atomic mass is 35.5. The average molecular weight is 416 g/mol. The summed E-state index contributed by atoms with van der Waals surface area (Å²) in [5.41, 5.74) is 2.29. The number of likely N-dealkylation sites (N-methyl/N-ethyl adjacent to an activating group) is 1. The van der Waals surface area contributed by atoms with E-state index in [9.17, 15) is 0 Å². The molecule has 156 valence electrons. The number of anilines is 1. The van der Waals surface area contributed by atoms with Gasteiger partial charge in [-0.3, -0.25) is 0 Å². The third kappa shape index (κ3) is 6.58. The van der Waals surface area contributed by atoms with Gasteiger partial charge in [0, 0.05) is 57.2 Å². The number of aliphatic imine (C=N–C) groups is 1. The zero-order chi connectivity index (χ0) is 20.5. The molecule has 1 aliphatic heterocycles. The van der Waals surface area contributed by atoms with Crippen molar-refractivity contribution in [1.82, 2.24) is 25.5 Å². The molecular weight excluding hydrogens is 386 g/mol. The molecule has 0 atom stereocenters. The molecule has 2 aromatic heterocycles. The van der Waals surface area contributed by atoms with Crippen LogP contribution in [0.25, 0.3) is 0 Å². The van der Waals surface area contributed by atoms with Crippen LogP contribution in [0.2, 0.25) is 5.15 Å². The van der Waals surface area contributed by atoms with Crippen LogP contribution in [0.15, 0.2) is 41.7 Å². The SMILES string of the molecule is CCNC(=NCc1cccnc1N1CCN(C)CC1)NCCc1ccc(Cl)nc1. The summed E-state index contributed by atoms with van der Waals surface area (Å²) in [7, 11) is 2.16. The smallest absolute Gasteiger partial charge is 0.191 e. The first kappa shape index (κ1) is 21.3. The fourth-order valence-electron chi connectivity index (χ4n) is 3.24. The minimum atomic E-state index is 0.518. The van der Waals surface area contributed by atoms with Crippen LogP contribution in [0.1, 0.15) is 18.1 Å². The number of hydrogen-bond acceptors (Lipinski definition) is 5. The Morgan fingerprint density at radius 1 is 1.14 bits per heavy atom. The molecule has 0 saturated carbocycles. The van der Waals surface area contributed by atoms with Gasteiger partial charge in [-0.05, 0) is 38.1 Å². The van der Waals surface area contributed by atoms with Gasteiger partial charge in [0.15, 0.2) is 5.96 Å². The second kappa shape index (κ2) is 11.0. The van der Waals surface area contributed by atoms with Crippen molar-refractivity contribution in [2.75, 3.05) is 51.2 Å². The van der Waals surface area contributed by atoms with E-state index in [1.807, 2.05) is 30.6 Å². The first-order chi connectivity index (χ1) is 14.2. The maximum atomic E-state index is 5.85. The number of piperazine rings is 1. The van der Waals surface area contributed by atoms with Gasteiger partial charge in [-0.25, -0.2) is 15.0 Å². The molecule has 0 bridgehead atoms. The molecule has 0 aromatic carbocycles. The highest BCUT2D eigenvalue weighted by molar-refractivity contribution is 6.29. The van der Waals surface area contributed by atoms with Gasteiger partial charge in [0.1, 0.15) is 11.0 Å². The monoisotopic (exact) mass is 415 g/mol. The summed E-state index contributed by atoms with van der Waals surface area (Å²) in [6, 6.07) is 7.92. The number of guanidine groups is 1. The van der Waals surface area contributed by atoms with E-state index in [2.05, 4.69) is 50.4 Å². The summed E-state index contributed by atoms with van der Waals surface area (Å²) < 4.78 is 0. The molecule has 0 amide bonds. The quantitative estimate of drug-likeness (QED) is 0.410. The van der Waals surface area contributed by atoms with E-state index < -0.39 is 0 Å². The second-order valence-electron chi connectivity index (χ2n) is 7.14. The van der Waals surface area contributed by atoms with E-state index in [1.54, 1.807) is 0 Å². The van der Waals surface area contributed by atoms with E-state index in [1.165, 1.54) is 0 Å². The summed E-state index contributed by atoms with van der Waals surface area (Å²) in [5, 5.41) is 7.23. The number of hydrogen-bond donors (Lipinski definition) is 2. The molecule has 29 heavy (non-hydrogen) atoms. The van der Waals surface area contributed by atoms with Crippen molar-refractivity contribution >= 4 is 23.4 Å². The Kier molecular flexibility index (Phi) is 8.07. The molecule has 2 aromatic rings. The molecule has 1 aliphatic rings. The third-order valence-corrected chi connectivity index (χ3v) is 5.14. The molecular formula is C21H30ClN7. The summed E-state index contributed by atoms with van der Waals surface area (Å²) in [6.45, 7) is 8.36. The largest absolute Gasteiger partial charge is 0.357 e. The Bertz CT molecular complexity index is 786. The third-order valence-electron chi connectivity index (χ3n) is 4.92. The second-order valence-corrected chi connectivity index (χ2v) is 7.52. The van der Waals surface area contributed by atoms with Crippen LogP contribution in [-0.2, 0) is 13.0 Å². The minimum absolute atomic E-state index is 0.518. The molecule has 8 heteroatoms. The van der Waals surface area contributed by atoms with Crippen LogP contribution in [0.4, 0.5) is 5.82 Å².